The first-order valence-electron chi connectivity index (χ1n) is 5.82. The van der Waals surface area contributed by atoms with Crippen molar-refractivity contribution in [2.45, 2.75) is 13.3 Å². The van der Waals surface area contributed by atoms with Crippen molar-refractivity contribution in [3.05, 3.63) is 29.3 Å². The van der Waals surface area contributed by atoms with Crippen LogP contribution in [0.1, 0.15) is 22.3 Å². The number of rotatable bonds is 3. The Morgan fingerprint density at radius 3 is 2.61 bits per heavy atom. The highest BCUT2D eigenvalue weighted by molar-refractivity contribution is 7.91. The van der Waals surface area contributed by atoms with Crippen molar-refractivity contribution in [3.63, 3.8) is 0 Å². The topological polar surface area (TPSA) is 60.4 Å². The van der Waals surface area contributed by atoms with Crippen LogP contribution in [0.25, 0.3) is 0 Å². The average molecular weight is 268 g/mol. The molecule has 0 aromatic heterocycles. The first-order valence-corrected chi connectivity index (χ1v) is 7.64. The van der Waals surface area contributed by atoms with Crippen LogP contribution < -0.4 is 4.74 Å². The number of hydrogen-bond acceptors (Lipinski definition) is 4. The van der Waals surface area contributed by atoms with Crippen molar-refractivity contribution in [1.82, 2.24) is 0 Å². The third-order valence-corrected chi connectivity index (χ3v) is 5.05. The molecule has 0 radical (unpaired) electrons. The minimum Gasteiger partial charge on any atom is -0.496 e. The average Bonchev–Trinajstić information content (AvgIpc) is 2.68. The Morgan fingerprint density at radius 2 is 2.11 bits per heavy atom. The largest absolute Gasteiger partial charge is 0.496 e. The van der Waals surface area contributed by atoms with Gasteiger partial charge in [0.2, 0.25) is 0 Å². The number of benzene rings is 1. The van der Waals surface area contributed by atoms with Crippen molar-refractivity contribution in [2.24, 2.45) is 5.92 Å². The van der Waals surface area contributed by atoms with Gasteiger partial charge in [-0.25, -0.2) is 8.42 Å². The Kier molecular flexibility index (Phi) is 3.43. The monoisotopic (exact) mass is 268 g/mol. The summed E-state index contributed by atoms with van der Waals surface area (Å²) < 4.78 is 27.9. The van der Waals surface area contributed by atoms with Gasteiger partial charge in [0.25, 0.3) is 0 Å². The molecule has 1 heterocycles. The molecule has 0 bridgehead atoms. The second-order valence-electron chi connectivity index (χ2n) is 4.65. The zero-order chi connectivity index (χ0) is 13.3. The predicted octanol–water partition coefficient (Wildman–Crippen LogP) is 1.62. The minimum atomic E-state index is -3.02. The van der Waals surface area contributed by atoms with Gasteiger partial charge < -0.3 is 4.74 Å². The molecular formula is C13H16O4S. The van der Waals surface area contributed by atoms with E-state index in [4.69, 9.17) is 4.74 Å². The van der Waals surface area contributed by atoms with Crippen molar-refractivity contribution in [3.8, 4) is 5.75 Å². The van der Waals surface area contributed by atoms with Gasteiger partial charge in [-0.15, -0.1) is 0 Å². The van der Waals surface area contributed by atoms with E-state index in [1.54, 1.807) is 25.3 Å². The van der Waals surface area contributed by atoms with E-state index in [-0.39, 0.29) is 23.2 Å². The van der Waals surface area contributed by atoms with Crippen LogP contribution in [0.3, 0.4) is 0 Å². The van der Waals surface area contributed by atoms with Crippen molar-refractivity contribution >= 4 is 15.6 Å². The number of hydrogen-bond donors (Lipinski definition) is 0. The summed E-state index contributed by atoms with van der Waals surface area (Å²) in [7, 11) is -1.44. The molecule has 1 aliphatic rings. The van der Waals surface area contributed by atoms with E-state index in [1.807, 2.05) is 6.92 Å². The molecule has 18 heavy (non-hydrogen) atoms. The summed E-state index contributed by atoms with van der Waals surface area (Å²) >= 11 is 0. The van der Waals surface area contributed by atoms with Crippen LogP contribution in [0, 0.1) is 12.8 Å². The molecule has 0 N–H and O–H groups in total. The molecule has 2 rings (SSSR count). The van der Waals surface area contributed by atoms with Crippen LogP contribution in [0.2, 0.25) is 0 Å². The van der Waals surface area contributed by atoms with Gasteiger partial charge in [0, 0.05) is 11.5 Å². The molecule has 1 aromatic carbocycles. The normalized spacial score (nSPS) is 21.8. The maximum absolute atomic E-state index is 12.2. The number of carbonyl (C=O) groups is 1. The summed E-state index contributed by atoms with van der Waals surface area (Å²) in [6, 6.07) is 5.19. The Hall–Kier alpha value is -1.36. The number of ketones is 1. The third-order valence-electron chi connectivity index (χ3n) is 3.28. The first-order chi connectivity index (χ1) is 8.43. The fourth-order valence-corrected chi connectivity index (χ4v) is 4.01. The summed E-state index contributed by atoms with van der Waals surface area (Å²) in [5.74, 6) is 0.366. The van der Waals surface area contributed by atoms with Crippen LogP contribution in [0.5, 0.6) is 5.75 Å². The molecule has 1 aromatic rings. The maximum atomic E-state index is 12.2. The molecule has 1 saturated heterocycles. The van der Waals surface area contributed by atoms with E-state index in [2.05, 4.69) is 0 Å². The van der Waals surface area contributed by atoms with E-state index in [1.165, 1.54) is 0 Å². The second-order valence-corrected chi connectivity index (χ2v) is 6.88. The minimum absolute atomic E-state index is 0.0170. The highest BCUT2D eigenvalue weighted by atomic mass is 32.2. The lowest BCUT2D eigenvalue weighted by Gasteiger charge is -2.09. The Labute approximate surface area is 107 Å². The fraction of sp³-hybridized carbons (Fsp3) is 0.462. The first kappa shape index (κ1) is 13.1. The standard InChI is InChI=1S/C13H16O4S/c1-9-7-10(3-4-12(9)17-2)13(14)11-5-6-18(15,16)8-11/h3-4,7,11H,5-6,8H2,1-2H3. The molecule has 1 unspecified atom stereocenters. The highest BCUT2D eigenvalue weighted by Gasteiger charge is 2.33. The van der Waals surface area contributed by atoms with Gasteiger partial charge in [0.1, 0.15) is 5.75 Å². The summed E-state index contributed by atoms with van der Waals surface area (Å²) in [5, 5.41) is 0. The quantitative estimate of drug-likeness (QED) is 0.782. The van der Waals surface area contributed by atoms with E-state index in [9.17, 15) is 13.2 Å². The molecule has 1 aliphatic heterocycles. The molecule has 5 heteroatoms. The van der Waals surface area contributed by atoms with E-state index in [0.29, 0.717) is 12.0 Å². The number of methoxy groups -OCH3 is 1. The number of sulfone groups is 1. The van der Waals surface area contributed by atoms with Crippen molar-refractivity contribution in [2.75, 3.05) is 18.6 Å². The lowest BCUT2D eigenvalue weighted by atomic mass is 9.96. The van der Waals surface area contributed by atoms with Gasteiger partial charge in [-0.1, -0.05) is 0 Å². The Bertz CT molecular complexity index is 575. The lowest BCUT2D eigenvalue weighted by Crippen LogP contribution is -2.16. The van der Waals surface area contributed by atoms with Crippen molar-refractivity contribution < 1.29 is 17.9 Å². The summed E-state index contributed by atoms with van der Waals surface area (Å²) in [6.45, 7) is 1.86. The van der Waals surface area contributed by atoms with Crippen LogP contribution in [-0.4, -0.2) is 32.8 Å². The SMILES string of the molecule is COc1ccc(C(=O)C2CCS(=O)(=O)C2)cc1C. The van der Waals surface area contributed by atoms with Gasteiger partial charge in [-0.05, 0) is 37.1 Å². The molecule has 0 aliphatic carbocycles. The lowest BCUT2D eigenvalue weighted by molar-refractivity contribution is 0.0933. The molecule has 0 spiro atoms. The van der Waals surface area contributed by atoms with Crippen LogP contribution in [0.15, 0.2) is 18.2 Å². The number of Topliss-reactive ketones (excluding diaryl/α,β-unsaturated/α-hetero) is 1. The Morgan fingerprint density at radius 1 is 1.39 bits per heavy atom. The van der Waals surface area contributed by atoms with Crippen LogP contribution in [0.4, 0.5) is 0 Å². The smallest absolute Gasteiger partial charge is 0.167 e. The van der Waals surface area contributed by atoms with E-state index in [0.717, 1.165) is 11.3 Å². The highest BCUT2D eigenvalue weighted by Crippen LogP contribution is 2.25. The molecule has 0 amide bonds. The van der Waals surface area contributed by atoms with E-state index < -0.39 is 9.84 Å². The number of carbonyl (C=O) groups excluding carboxylic acids is 1. The summed E-state index contributed by atoms with van der Waals surface area (Å²) in [6.07, 6.45) is 0.437. The van der Waals surface area contributed by atoms with E-state index >= 15 is 0 Å². The van der Waals surface area contributed by atoms with Crippen LogP contribution in [-0.2, 0) is 9.84 Å². The van der Waals surface area contributed by atoms with Gasteiger partial charge >= 0.3 is 0 Å². The molecule has 1 atom stereocenters. The van der Waals surface area contributed by atoms with Gasteiger partial charge in [0.05, 0.1) is 18.6 Å². The zero-order valence-corrected chi connectivity index (χ0v) is 11.3. The molecular weight excluding hydrogens is 252 g/mol. The third kappa shape index (κ3) is 2.56. The zero-order valence-electron chi connectivity index (χ0n) is 10.5. The summed E-state index contributed by atoms with van der Waals surface area (Å²) in [5.41, 5.74) is 1.44. The molecule has 1 fully saturated rings. The van der Waals surface area contributed by atoms with Gasteiger partial charge in [-0.2, -0.15) is 0 Å². The van der Waals surface area contributed by atoms with Crippen molar-refractivity contribution in [1.29, 1.82) is 0 Å². The number of ether oxygens (including phenoxy) is 1. The molecule has 98 valence electrons. The molecule has 0 saturated carbocycles. The Balaban J connectivity index is 2.22. The summed E-state index contributed by atoms with van der Waals surface area (Å²) in [4.78, 5) is 12.2. The van der Waals surface area contributed by atoms with Gasteiger partial charge in [0.15, 0.2) is 15.6 Å². The molecule has 4 nitrogen and oxygen atoms in total. The predicted molar refractivity (Wildman–Crippen MR) is 68.8 cm³/mol. The van der Waals surface area contributed by atoms with Gasteiger partial charge in [-0.3, -0.25) is 4.79 Å². The number of aryl methyl sites for hydroxylation is 1. The fourth-order valence-electron chi connectivity index (χ4n) is 2.27. The maximum Gasteiger partial charge on any atom is 0.167 e. The van der Waals surface area contributed by atoms with Crippen LogP contribution >= 0.6 is 0 Å². The second kappa shape index (κ2) is 4.72.